The highest BCUT2D eigenvalue weighted by Gasteiger charge is 2.51. The van der Waals surface area contributed by atoms with Crippen molar-refractivity contribution in [2.75, 3.05) is 11.9 Å². The maximum absolute atomic E-state index is 12.7. The molecule has 2 fully saturated rings. The third kappa shape index (κ3) is 3.55. The van der Waals surface area contributed by atoms with E-state index in [0.29, 0.717) is 22.3 Å². The SMILES string of the molecule is CC1(C)CC2CC(C)(CN2C(=O)C(=O)Nc2cc(Cl)cc(Cl)c2)C1. The second-order valence-electron chi connectivity index (χ2n) is 8.26. The number of anilines is 1. The van der Waals surface area contributed by atoms with Crippen molar-refractivity contribution < 1.29 is 9.59 Å². The van der Waals surface area contributed by atoms with Crippen LogP contribution >= 0.6 is 23.2 Å². The normalized spacial score (nSPS) is 27.9. The lowest BCUT2D eigenvalue weighted by Gasteiger charge is -2.39. The van der Waals surface area contributed by atoms with Gasteiger partial charge in [0.1, 0.15) is 0 Å². The zero-order chi connectivity index (χ0) is 17.7. The lowest BCUT2D eigenvalue weighted by atomic mass is 9.65. The molecule has 2 bridgehead atoms. The van der Waals surface area contributed by atoms with Gasteiger partial charge >= 0.3 is 11.8 Å². The molecule has 0 radical (unpaired) electrons. The van der Waals surface area contributed by atoms with Gasteiger partial charge in [-0.2, -0.15) is 0 Å². The first kappa shape index (κ1) is 17.6. The molecule has 1 N–H and O–H groups in total. The minimum absolute atomic E-state index is 0.0989. The summed E-state index contributed by atoms with van der Waals surface area (Å²) in [6.07, 6.45) is 2.98. The van der Waals surface area contributed by atoms with Gasteiger partial charge in [0.2, 0.25) is 0 Å². The summed E-state index contributed by atoms with van der Waals surface area (Å²) in [7, 11) is 0. The molecule has 2 unspecified atom stereocenters. The summed E-state index contributed by atoms with van der Waals surface area (Å²) in [5, 5.41) is 3.44. The Morgan fingerprint density at radius 1 is 1.12 bits per heavy atom. The fraction of sp³-hybridized carbons (Fsp3) is 0.556. The first-order chi connectivity index (χ1) is 11.1. The second-order valence-corrected chi connectivity index (χ2v) is 9.13. The van der Waals surface area contributed by atoms with Crippen LogP contribution in [-0.2, 0) is 9.59 Å². The topological polar surface area (TPSA) is 49.4 Å². The summed E-state index contributed by atoms with van der Waals surface area (Å²) >= 11 is 11.9. The molecule has 4 nitrogen and oxygen atoms in total. The van der Waals surface area contributed by atoms with Crippen molar-refractivity contribution in [2.24, 2.45) is 10.8 Å². The number of halogens is 2. The highest BCUT2D eigenvalue weighted by atomic mass is 35.5. The van der Waals surface area contributed by atoms with E-state index < -0.39 is 11.8 Å². The summed E-state index contributed by atoms with van der Waals surface area (Å²) in [5.74, 6) is -1.11. The monoisotopic (exact) mass is 368 g/mol. The number of rotatable bonds is 1. The highest BCUT2D eigenvalue weighted by Crippen LogP contribution is 2.52. The van der Waals surface area contributed by atoms with Gasteiger partial charge in [0.05, 0.1) is 0 Å². The van der Waals surface area contributed by atoms with Crippen LogP contribution in [0.3, 0.4) is 0 Å². The molecule has 1 saturated carbocycles. The number of amides is 2. The third-order valence-electron chi connectivity index (χ3n) is 4.99. The van der Waals surface area contributed by atoms with Crippen LogP contribution in [0.5, 0.6) is 0 Å². The quantitative estimate of drug-likeness (QED) is 0.748. The Hall–Kier alpha value is -1.26. The molecule has 1 aromatic rings. The van der Waals surface area contributed by atoms with Gasteiger partial charge < -0.3 is 10.2 Å². The van der Waals surface area contributed by atoms with E-state index in [9.17, 15) is 9.59 Å². The number of nitrogens with zero attached hydrogens (tertiary/aromatic N) is 1. The van der Waals surface area contributed by atoms with Gasteiger partial charge in [0.15, 0.2) is 0 Å². The Morgan fingerprint density at radius 3 is 2.38 bits per heavy atom. The van der Waals surface area contributed by atoms with Crippen LogP contribution in [0, 0.1) is 10.8 Å². The first-order valence-electron chi connectivity index (χ1n) is 8.15. The molecule has 2 amide bonds. The molecule has 130 valence electrons. The molecule has 1 heterocycles. The van der Waals surface area contributed by atoms with Crippen molar-refractivity contribution in [3.05, 3.63) is 28.2 Å². The minimum atomic E-state index is -0.637. The van der Waals surface area contributed by atoms with E-state index in [1.165, 1.54) is 0 Å². The number of hydrogen-bond acceptors (Lipinski definition) is 2. The Morgan fingerprint density at radius 2 is 1.75 bits per heavy atom. The molecular weight excluding hydrogens is 347 g/mol. The third-order valence-corrected chi connectivity index (χ3v) is 5.43. The van der Waals surface area contributed by atoms with E-state index in [1.807, 2.05) is 0 Å². The molecule has 1 aliphatic carbocycles. The number of nitrogens with one attached hydrogen (secondary N) is 1. The van der Waals surface area contributed by atoms with Crippen molar-refractivity contribution >= 4 is 40.7 Å². The fourth-order valence-electron chi connectivity index (χ4n) is 4.64. The number of carbonyl (C=O) groups is 2. The minimum Gasteiger partial charge on any atom is -0.331 e. The maximum atomic E-state index is 12.7. The number of hydrogen-bond donors (Lipinski definition) is 1. The van der Waals surface area contributed by atoms with Crippen molar-refractivity contribution in [2.45, 2.75) is 46.1 Å². The standard InChI is InChI=1S/C18H22Cl2N2O2/c1-17(2)7-14-8-18(3,9-17)10-22(14)16(24)15(23)21-13-5-11(19)4-12(20)6-13/h4-6,14H,7-10H2,1-3H3,(H,21,23). The van der Waals surface area contributed by atoms with Crippen LogP contribution < -0.4 is 5.32 Å². The summed E-state index contributed by atoms with van der Waals surface area (Å²) in [6, 6.07) is 4.86. The Balaban J connectivity index is 1.74. The number of benzene rings is 1. The van der Waals surface area contributed by atoms with Crippen molar-refractivity contribution in [1.82, 2.24) is 4.90 Å². The van der Waals surface area contributed by atoms with Gasteiger partial charge in [0, 0.05) is 28.3 Å². The molecule has 24 heavy (non-hydrogen) atoms. The summed E-state index contributed by atoms with van der Waals surface area (Å²) < 4.78 is 0. The van der Waals surface area contributed by atoms with E-state index in [4.69, 9.17) is 23.2 Å². The molecule has 1 saturated heterocycles. The predicted octanol–water partition coefficient (Wildman–Crippen LogP) is 4.36. The van der Waals surface area contributed by atoms with Crippen LogP contribution in [0.1, 0.15) is 40.0 Å². The molecule has 6 heteroatoms. The number of fused-ring (bicyclic) bond motifs is 2. The van der Waals surface area contributed by atoms with E-state index in [2.05, 4.69) is 26.1 Å². The van der Waals surface area contributed by atoms with Crippen molar-refractivity contribution in [1.29, 1.82) is 0 Å². The first-order valence-corrected chi connectivity index (χ1v) is 8.91. The molecule has 2 aliphatic rings. The lowest BCUT2D eigenvalue weighted by molar-refractivity contribution is -0.144. The van der Waals surface area contributed by atoms with Gasteiger partial charge in [-0.3, -0.25) is 9.59 Å². The van der Waals surface area contributed by atoms with Crippen molar-refractivity contribution in [3.8, 4) is 0 Å². The second kappa shape index (κ2) is 5.92. The van der Waals surface area contributed by atoms with Crippen LogP contribution in [0.15, 0.2) is 18.2 Å². The lowest BCUT2D eigenvalue weighted by Crippen LogP contribution is -2.43. The van der Waals surface area contributed by atoms with E-state index >= 15 is 0 Å². The molecule has 3 rings (SSSR count). The molecule has 0 aromatic heterocycles. The van der Waals surface area contributed by atoms with Gasteiger partial charge in [-0.1, -0.05) is 44.0 Å². The zero-order valence-corrected chi connectivity index (χ0v) is 15.7. The van der Waals surface area contributed by atoms with Crippen LogP contribution in [0.25, 0.3) is 0 Å². The molecule has 1 aliphatic heterocycles. The molecule has 2 atom stereocenters. The Bertz CT molecular complexity index is 684. The average Bonchev–Trinajstić information content (AvgIpc) is 2.65. The number of carbonyl (C=O) groups excluding carboxylic acids is 2. The average molecular weight is 369 g/mol. The van der Waals surface area contributed by atoms with E-state index in [-0.39, 0.29) is 16.9 Å². The summed E-state index contributed by atoms with van der Waals surface area (Å²) in [5.41, 5.74) is 0.727. The highest BCUT2D eigenvalue weighted by molar-refractivity contribution is 6.40. The van der Waals surface area contributed by atoms with Gasteiger partial charge in [-0.05, 0) is 48.3 Å². The van der Waals surface area contributed by atoms with E-state index in [0.717, 1.165) is 19.3 Å². The van der Waals surface area contributed by atoms with E-state index in [1.54, 1.807) is 23.1 Å². The van der Waals surface area contributed by atoms with Gasteiger partial charge in [0.25, 0.3) is 0 Å². The maximum Gasteiger partial charge on any atom is 0.313 e. The van der Waals surface area contributed by atoms with Crippen LogP contribution in [-0.4, -0.2) is 29.3 Å². The Kier molecular flexibility index (Phi) is 4.33. The van der Waals surface area contributed by atoms with Crippen molar-refractivity contribution in [3.63, 3.8) is 0 Å². The Labute approximate surface area is 152 Å². The smallest absolute Gasteiger partial charge is 0.313 e. The molecule has 0 spiro atoms. The van der Waals surface area contributed by atoms with Gasteiger partial charge in [-0.25, -0.2) is 0 Å². The summed E-state index contributed by atoms with van der Waals surface area (Å²) in [4.78, 5) is 26.8. The van der Waals surface area contributed by atoms with Crippen LogP contribution in [0.4, 0.5) is 5.69 Å². The van der Waals surface area contributed by atoms with Gasteiger partial charge in [-0.15, -0.1) is 0 Å². The fourth-order valence-corrected chi connectivity index (χ4v) is 5.16. The molecule has 1 aromatic carbocycles. The summed E-state index contributed by atoms with van der Waals surface area (Å²) in [6.45, 7) is 7.32. The zero-order valence-electron chi connectivity index (χ0n) is 14.2. The predicted molar refractivity (Wildman–Crippen MR) is 96.3 cm³/mol. The largest absolute Gasteiger partial charge is 0.331 e. The van der Waals surface area contributed by atoms with Crippen LogP contribution in [0.2, 0.25) is 10.0 Å². The molecular formula is C18H22Cl2N2O2. The number of likely N-dealkylation sites (tertiary alicyclic amines) is 1.